The van der Waals surface area contributed by atoms with E-state index >= 15 is 0 Å². The van der Waals surface area contributed by atoms with Crippen molar-refractivity contribution < 1.29 is 9.59 Å². The Bertz CT molecular complexity index is 470. The lowest BCUT2D eigenvalue weighted by Crippen LogP contribution is -2.51. The van der Waals surface area contributed by atoms with Gasteiger partial charge in [-0.2, -0.15) is 0 Å². The highest BCUT2D eigenvalue weighted by molar-refractivity contribution is 5.94. The van der Waals surface area contributed by atoms with Gasteiger partial charge in [0.05, 0.1) is 5.92 Å². The van der Waals surface area contributed by atoms with E-state index in [-0.39, 0.29) is 17.7 Å². The van der Waals surface area contributed by atoms with E-state index in [9.17, 15) is 9.59 Å². The van der Waals surface area contributed by atoms with Crippen LogP contribution in [0, 0.1) is 5.92 Å². The summed E-state index contributed by atoms with van der Waals surface area (Å²) in [6.45, 7) is 2.16. The summed E-state index contributed by atoms with van der Waals surface area (Å²) in [5.74, 6) is 0.143. The molecule has 0 atom stereocenters. The molecule has 5 heteroatoms. The van der Waals surface area contributed by atoms with Crippen LogP contribution in [0.15, 0.2) is 24.3 Å². The predicted molar refractivity (Wildman–Crippen MR) is 72.9 cm³/mol. The van der Waals surface area contributed by atoms with Gasteiger partial charge in [0.1, 0.15) is 0 Å². The first-order valence-corrected chi connectivity index (χ1v) is 6.50. The van der Waals surface area contributed by atoms with Crippen molar-refractivity contribution in [2.24, 2.45) is 5.92 Å². The number of nitrogens with one attached hydrogen (secondary N) is 3. The quantitative estimate of drug-likeness (QED) is 0.694. The van der Waals surface area contributed by atoms with Crippen LogP contribution in [-0.4, -0.2) is 38.5 Å². The first kappa shape index (κ1) is 13.5. The lowest BCUT2D eigenvalue weighted by molar-refractivity contribution is -0.126. The summed E-state index contributed by atoms with van der Waals surface area (Å²) in [6.07, 6.45) is 0.733. The van der Waals surface area contributed by atoms with Crippen LogP contribution in [-0.2, 0) is 11.2 Å². The number of amides is 2. The van der Waals surface area contributed by atoms with Crippen molar-refractivity contribution in [2.75, 3.05) is 26.7 Å². The molecule has 0 aromatic heterocycles. The highest BCUT2D eigenvalue weighted by Crippen LogP contribution is 2.06. The first-order valence-electron chi connectivity index (χ1n) is 6.50. The Balaban J connectivity index is 1.82. The molecule has 3 N–H and O–H groups in total. The topological polar surface area (TPSA) is 70.2 Å². The van der Waals surface area contributed by atoms with Gasteiger partial charge in [0.25, 0.3) is 5.91 Å². The fourth-order valence-corrected chi connectivity index (χ4v) is 1.96. The molecule has 1 aliphatic heterocycles. The Labute approximate surface area is 112 Å². The third-order valence-electron chi connectivity index (χ3n) is 3.28. The molecule has 1 aromatic carbocycles. The summed E-state index contributed by atoms with van der Waals surface area (Å²) < 4.78 is 0. The summed E-state index contributed by atoms with van der Waals surface area (Å²) in [5, 5.41) is 8.58. The van der Waals surface area contributed by atoms with Crippen molar-refractivity contribution in [3.63, 3.8) is 0 Å². The lowest BCUT2D eigenvalue weighted by Gasteiger charge is -2.25. The molecule has 1 aliphatic rings. The molecule has 1 heterocycles. The van der Waals surface area contributed by atoms with Crippen LogP contribution in [0.3, 0.4) is 0 Å². The zero-order valence-corrected chi connectivity index (χ0v) is 11.0. The molecule has 2 amide bonds. The average molecular weight is 261 g/mol. The van der Waals surface area contributed by atoms with Gasteiger partial charge in [-0.05, 0) is 24.1 Å². The van der Waals surface area contributed by atoms with Crippen LogP contribution in [0.5, 0.6) is 0 Å². The van der Waals surface area contributed by atoms with E-state index < -0.39 is 0 Å². The number of rotatable bonds is 5. The normalized spacial score (nSPS) is 14.6. The highest BCUT2D eigenvalue weighted by Gasteiger charge is 2.24. The van der Waals surface area contributed by atoms with Gasteiger partial charge in [-0.25, -0.2) is 0 Å². The molecular formula is C14H19N3O2. The lowest BCUT2D eigenvalue weighted by atomic mass is 10.0. The molecule has 0 radical (unpaired) electrons. The smallest absolute Gasteiger partial charge is 0.251 e. The summed E-state index contributed by atoms with van der Waals surface area (Å²) >= 11 is 0. The van der Waals surface area contributed by atoms with E-state index in [1.807, 2.05) is 18.2 Å². The molecule has 0 bridgehead atoms. The van der Waals surface area contributed by atoms with E-state index in [0.717, 1.165) is 25.1 Å². The number of benzene rings is 1. The van der Waals surface area contributed by atoms with E-state index in [1.165, 1.54) is 0 Å². The third-order valence-corrected chi connectivity index (χ3v) is 3.28. The maximum Gasteiger partial charge on any atom is 0.251 e. The summed E-state index contributed by atoms with van der Waals surface area (Å²) in [5.41, 5.74) is 1.70. The number of hydrogen-bond donors (Lipinski definition) is 3. The van der Waals surface area contributed by atoms with Crippen LogP contribution in [0.4, 0.5) is 0 Å². The molecule has 0 aliphatic carbocycles. The van der Waals surface area contributed by atoms with Crippen molar-refractivity contribution >= 4 is 11.8 Å². The van der Waals surface area contributed by atoms with Gasteiger partial charge in [-0.15, -0.1) is 0 Å². The highest BCUT2D eigenvalue weighted by atomic mass is 16.2. The zero-order valence-electron chi connectivity index (χ0n) is 11.0. The van der Waals surface area contributed by atoms with Gasteiger partial charge >= 0.3 is 0 Å². The van der Waals surface area contributed by atoms with Crippen LogP contribution >= 0.6 is 0 Å². The minimum Gasteiger partial charge on any atom is -0.355 e. The molecule has 5 nitrogen and oxygen atoms in total. The maximum absolute atomic E-state index is 11.6. The number of carbonyl (C=O) groups is 2. The minimum absolute atomic E-state index is 0.0913. The molecule has 19 heavy (non-hydrogen) atoms. The Morgan fingerprint density at radius 2 is 2.16 bits per heavy atom. The number of carbonyl (C=O) groups excluding carboxylic acids is 2. The maximum atomic E-state index is 11.6. The Hall–Kier alpha value is -1.88. The van der Waals surface area contributed by atoms with Crippen molar-refractivity contribution in [2.45, 2.75) is 6.42 Å². The summed E-state index contributed by atoms with van der Waals surface area (Å²) in [6, 6.07) is 7.46. The van der Waals surface area contributed by atoms with E-state index in [2.05, 4.69) is 16.0 Å². The molecule has 1 saturated heterocycles. The fourth-order valence-electron chi connectivity index (χ4n) is 1.96. The standard InChI is InChI=1S/C14H19N3O2/c1-15-13(18)11-4-2-3-10(7-11)5-6-17-14(19)12-8-16-9-12/h2-4,7,12,16H,5-6,8-9H2,1H3,(H,15,18)(H,17,19). The Morgan fingerprint density at radius 3 is 2.79 bits per heavy atom. The summed E-state index contributed by atoms with van der Waals surface area (Å²) in [4.78, 5) is 23.1. The van der Waals surface area contributed by atoms with E-state index in [1.54, 1.807) is 13.1 Å². The second-order valence-electron chi connectivity index (χ2n) is 4.68. The van der Waals surface area contributed by atoms with Crippen LogP contribution in [0.25, 0.3) is 0 Å². The second-order valence-corrected chi connectivity index (χ2v) is 4.68. The van der Waals surface area contributed by atoms with Gasteiger partial charge in [-0.3, -0.25) is 9.59 Å². The Kier molecular flexibility index (Phi) is 4.52. The van der Waals surface area contributed by atoms with Gasteiger partial charge < -0.3 is 16.0 Å². The molecular weight excluding hydrogens is 242 g/mol. The van der Waals surface area contributed by atoms with Crippen molar-refractivity contribution in [1.82, 2.24) is 16.0 Å². The van der Waals surface area contributed by atoms with Crippen molar-refractivity contribution in [1.29, 1.82) is 0 Å². The number of hydrogen-bond acceptors (Lipinski definition) is 3. The molecule has 0 unspecified atom stereocenters. The van der Waals surface area contributed by atoms with Crippen LogP contribution in [0.1, 0.15) is 15.9 Å². The summed E-state index contributed by atoms with van der Waals surface area (Å²) in [7, 11) is 1.61. The predicted octanol–water partition coefficient (Wildman–Crippen LogP) is -0.0757. The molecule has 102 valence electrons. The molecule has 0 spiro atoms. The van der Waals surface area contributed by atoms with E-state index in [0.29, 0.717) is 12.1 Å². The third kappa shape index (κ3) is 3.54. The van der Waals surface area contributed by atoms with Crippen LogP contribution in [0.2, 0.25) is 0 Å². The largest absolute Gasteiger partial charge is 0.355 e. The zero-order chi connectivity index (χ0) is 13.7. The minimum atomic E-state index is -0.0913. The fraction of sp³-hybridized carbons (Fsp3) is 0.429. The molecule has 1 fully saturated rings. The van der Waals surface area contributed by atoms with Crippen LogP contribution < -0.4 is 16.0 Å². The SMILES string of the molecule is CNC(=O)c1cccc(CCNC(=O)C2CNC2)c1. The molecule has 2 rings (SSSR count). The molecule has 1 aromatic rings. The monoisotopic (exact) mass is 261 g/mol. The van der Waals surface area contributed by atoms with Gasteiger partial charge in [-0.1, -0.05) is 12.1 Å². The second kappa shape index (κ2) is 6.33. The Morgan fingerprint density at radius 1 is 1.37 bits per heavy atom. The van der Waals surface area contributed by atoms with Gasteiger partial charge in [0, 0.05) is 32.2 Å². The van der Waals surface area contributed by atoms with Crippen molar-refractivity contribution in [3.05, 3.63) is 35.4 Å². The van der Waals surface area contributed by atoms with Gasteiger partial charge in [0.2, 0.25) is 5.91 Å². The average Bonchev–Trinajstić information content (AvgIpc) is 2.36. The first-order chi connectivity index (χ1) is 9.20. The van der Waals surface area contributed by atoms with E-state index in [4.69, 9.17) is 0 Å². The van der Waals surface area contributed by atoms with Gasteiger partial charge in [0.15, 0.2) is 0 Å². The van der Waals surface area contributed by atoms with Crippen molar-refractivity contribution in [3.8, 4) is 0 Å². The molecule has 0 saturated carbocycles.